The van der Waals surface area contributed by atoms with Crippen LogP contribution in [0.2, 0.25) is 0 Å². The number of fused-ring (bicyclic) bond motifs is 1. The van der Waals surface area contributed by atoms with Crippen LogP contribution in [-0.4, -0.2) is 360 Å². The summed E-state index contributed by atoms with van der Waals surface area (Å²) in [7, 11) is 0. The number of nitrogen functional groups attached to an aromatic ring is 1. The van der Waals surface area contributed by atoms with Crippen molar-refractivity contribution in [3.05, 3.63) is 52.1 Å². The molecule has 0 spiro atoms. The van der Waals surface area contributed by atoms with Gasteiger partial charge in [-0.05, 0) is 76.6 Å². The molecule has 19 atom stereocenters. The summed E-state index contributed by atoms with van der Waals surface area (Å²) in [6.07, 6.45) is -34.9. The van der Waals surface area contributed by atoms with Crippen LogP contribution in [0, 0.1) is 0 Å². The molecule has 0 radical (unpaired) electrons. The number of aromatic amines is 1. The molecule has 50 nitrogen and oxygen atoms in total. The van der Waals surface area contributed by atoms with Gasteiger partial charge in [-0.1, -0.05) is 0 Å². The van der Waals surface area contributed by atoms with E-state index in [1.165, 1.54) is 44.3 Å². The number of rotatable bonds is 55. The fraction of sp³-hybridized carbons (Fsp3) is 0.612. The number of aliphatic carboxylic acids is 4. The third-order valence-corrected chi connectivity index (χ3v) is 17.8. The molecule has 10 amide bonds. The van der Waals surface area contributed by atoms with Gasteiger partial charge in [0, 0.05) is 74.2 Å². The molecule has 2 aromatic heterocycles. The van der Waals surface area contributed by atoms with Crippen LogP contribution in [0.4, 0.5) is 11.6 Å². The number of carboxylic acid groups (broad SMARTS) is 4. The van der Waals surface area contributed by atoms with E-state index >= 15 is 0 Å². The summed E-state index contributed by atoms with van der Waals surface area (Å²) in [5.74, 6) is -20.0. The highest BCUT2D eigenvalue weighted by Crippen LogP contribution is 2.20. The van der Waals surface area contributed by atoms with Crippen LogP contribution in [-0.2, 0) is 68.9 Å². The van der Waals surface area contributed by atoms with Crippen molar-refractivity contribution < 1.29 is 164 Å². The van der Waals surface area contributed by atoms with E-state index in [0.717, 1.165) is 0 Å². The number of hydrogen-bond acceptors (Lipinski definition) is 36. The molecule has 2 heterocycles. The summed E-state index contributed by atoms with van der Waals surface area (Å²) < 4.78 is -1.59. The van der Waals surface area contributed by atoms with Crippen molar-refractivity contribution in [1.29, 1.82) is 0 Å². The first-order valence-corrected chi connectivity index (χ1v) is 36.6. The Labute approximate surface area is 673 Å². The van der Waals surface area contributed by atoms with Crippen LogP contribution in [0.3, 0.4) is 0 Å². The van der Waals surface area contributed by atoms with Crippen molar-refractivity contribution >= 4 is 118 Å². The average molecular weight is 1710 g/mol. The molecule has 0 saturated heterocycles. The van der Waals surface area contributed by atoms with E-state index in [0.29, 0.717) is 5.69 Å². The second kappa shape index (κ2) is 49.6. The van der Waals surface area contributed by atoms with Gasteiger partial charge in [0.05, 0.1) is 56.6 Å². The lowest BCUT2D eigenvalue weighted by Gasteiger charge is -2.30. The zero-order chi connectivity index (χ0) is 89.2. The van der Waals surface area contributed by atoms with E-state index in [1.54, 1.807) is 0 Å². The third kappa shape index (κ3) is 34.5. The van der Waals surface area contributed by atoms with Gasteiger partial charge in [0.15, 0.2) is 11.2 Å². The summed E-state index contributed by atoms with van der Waals surface area (Å²) in [5, 5.41) is 213. The number of carbonyl (C=O) groups excluding carboxylic acids is 10. The van der Waals surface area contributed by atoms with Crippen molar-refractivity contribution in [2.75, 3.05) is 50.5 Å². The van der Waals surface area contributed by atoms with Crippen LogP contribution in [0.15, 0.2) is 35.3 Å². The largest absolute Gasteiger partial charge is 0.481 e. The van der Waals surface area contributed by atoms with Crippen molar-refractivity contribution in [2.24, 2.45) is 0 Å². The Morgan fingerprint density at radius 2 is 0.780 bits per heavy atom. The highest BCUT2D eigenvalue weighted by atomic mass is 32.1. The first-order chi connectivity index (χ1) is 55.2. The SMILES string of the molecule is CC(C)(S)[C@@H](NC(=O)[C@H](CCC(=O)NC[C@H](O)[C@@H](O)[C@H](O)[C@H](O)CO)NC(=O)[C@@H](CCC(=O)O)NC(=O)[C@H](CCC(=O)NC[C@H](O)[C@@H](O)[C@H](O)[C@H](O)CO)NC(=O)[C@@H](CCC(=O)O)NC(=O)[C@H](CCC(=O)NC[C@H](O)[C@@H](O)[C@H](O)[C@H](O)CO)NC(=O)CC[C@@H](NC(=O)c1ccc(NCc2cnc3nc(N)[nH]c(=O)c3n2)cc1)C(=O)O)C(=O)O. The second-order valence-corrected chi connectivity index (χ2v) is 28.6. The van der Waals surface area contributed by atoms with Crippen molar-refractivity contribution in [2.45, 2.75) is 218 Å². The number of carbonyl (C=O) groups is 14. The van der Waals surface area contributed by atoms with Gasteiger partial charge in [0.1, 0.15) is 97.2 Å². The lowest BCUT2D eigenvalue weighted by Crippen LogP contribution is -2.60. The number of benzene rings is 1. The summed E-state index contributed by atoms with van der Waals surface area (Å²) in [6, 6.07) is -9.15. The summed E-state index contributed by atoms with van der Waals surface area (Å²) in [4.78, 5) is 215. The number of thiol groups is 1. The van der Waals surface area contributed by atoms with E-state index in [1.807, 2.05) is 0 Å². The van der Waals surface area contributed by atoms with Gasteiger partial charge >= 0.3 is 23.9 Å². The topological polar surface area (TPSA) is 853 Å². The Hall–Kier alpha value is -10.6. The van der Waals surface area contributed by atoms with Crippen LogP contribution in [0.25, 0.3) is 11.2 Å². The van der Waals surface area contributed by atoms with Gasteiger partial charge in [-0.15, -0.1) is 0 Å². The number of nitrogens with two attached hydrogens (primary N) is 1. The fourth-order valence-electron chi connectivity index (χ4n) is 10.6. The number of amides is 10. The molecule has 1 aromatic carbocycles. The van der Waals surface area contributed by atoms with Crippen molar-refractivity contribution in [3.8, 4) is 0 Å². The maximum absolute atomic E-state index is 14.7. The number of nitrogens with zero attached hydrogens (tertiary/aromatic N) is 3. The molecule has 0 aliphatic heterocycles. The Kier molecular flexibility index (Phi) is 42.7. The molecule has 0 saturated carbocycles. The number of aliphatic hydroxyl groups is 15. The zero-order valence-corrected chi connectivity index (χ0v) is 64.2. The van der Waals surface area contributed by atoms with E-state index < -0.39 is 325 Å². The van der Waals surface area contributed by atoms with E-state index in [9.17, 15) is 164 Å². The molecule has 3 rings (SSSR count). The molecule has 33 N–H and O–H groups in total. The fourth-order valence-corrected chi connectivity index (χ4v) is 10.8. The Bertz CT molecular complexity index is 3960. The van der Waals surface area contributed by atoms with E-state index in [-0.39, 0.29) is 34.9 Å². The quantitative estimate of drug-likeness (QED) is 0.0233. The molecule has 0 unspecified atom stereocenters. The number of H-pyrrole nitrogens is 1. The Morgan fingerprint density at radius 1 is 0.441 bits per heavy atom. The number of aliphatic hydroxyl groups excluding tert-OH is 15. The predicted molar refractivity (Wildman–Crippen MR) is 400 cm³/mol. The number of anilines is 2. The zero-order valence-electron chi connectivity index (χ0n) is 63.3. The minimum Gasteiger partial charge on any atom is -0.481 e. The Morgan fingerprint density at radius 3 is 1.13 bits per heavy atom. The normalized spacial score (nSPS) is 16.4. The monoisotopic (exact) mass is 1710 g/mol. The van der Waals surface area contributed by atoms with Crippen LogP contribution in [0.1, 0.15) is 107 Å². The van der Waals surface area contributed by atoms with Crippen LogP contribution < -0.4 is 69.8 Å². The molecule has 0 aliphatic rings. The van der Waals surface area contributed by atoms with Crippen LogP contribution in [0.5, 0.6) is 0 Å². The summed E-state index contributed by atoms with van der Waals surface area (Å²) in [6.45, 7) is -3.50. The molecule has 0 aliphatic carbocycles. The predicted octanol–water partition coefficient (Wildman–Crippen LogP) is -13.7. The second-order valence-electron chi connectivity index (χ2n) is 27.4. The number of nitrogens with one attached hydrogen (secondary N) is 12. The molecule has 0 fully saturated rings. The molecular formula is C67H102N16O34S. The molecular weight excluding hydrogens is 1600 g/mol. The summed E-state index contributed by atoms with van der Waals surface area (Å²) in [5.41, 5.74) is 5.35. The van der Waals surface area contributed by atoms with E-state index in [2.05, 4.69) is 91.0 Å². The molecule has 118 heavy (non-hydrogen) atoms. The molecule has 660 valence electrons. The summed E-state index contributed by atoms with van der Waals surface area (Å²) >= 11 is 4.20. The van der Waals surface area contributed by atoms with Gasteiger partial charge in [-0.2, -0.15) is 17.6 Å². The lowest BCUT2D eigenvalue weighted by atomic mass is 10.0. The van der Waals surface area contributed by atoms with Crippen LogP contribution >= 0.6 is 12.6 Å². The average Bonchev–Trinajstić information content (AvgIpc) is 0.810. The van der Waals surface area contributed by atoms with Gasteiger partial charge in [-0.3, -0.25) is 67.3 Å². The minimum absolute atomic E-state index is 0.00103. The first-order valence-electron chi connectivity index (χ1n) is 36.1. The highest BCUT2D eigenvalue weighted by Gasteiger charge is 2.40. The number of carboxylic acids is 4. The van der Waals surface area contributed by atoms with Gasteiger partial charge in [-0.25, -0.2) is 19.6 Å². The van der Waals surface area contributed by atoms with Gasteiger partial charge < -0.3 is 161 Å². The maximum atomic E-state index is 14.7. The molecule has 3 aromatic rings. The standard InChI is InChI=1S/C67H102N16O34S/c1-67(2,118)55(65(116)117)81-62(112)32(9-15-44(95)72-23-38(89)51(103)54(106)41(92)26-86)77-61(111)34(12-18-47(99)100)79-59(109)31(8-14-43(94)71-22-37(88)50(102)53(105)40(91)25-85)76-60(110)33(11-17-46(97)98)78-58(108)30(7-13-42(93)70-21-36(87)49(101)52(104)39(90)24-84)75-45(96)16-10-35(64(114)115)80-57(107)27-3-5-28(6-4-27)69-19-29-20-73-56-48(74-29)63(113)83-66(68)82-56/h3-6,20,30-41,49-55,69,84-92,101-106,118H,7-19,21-26H2,1-2H3,(H,70,93)(H,71,94)(H,72,95)(H,75,96)(H,76,110)(H,77,111)(H,78,108)(H,79,109)(H,80,107)(H,81,112)(H,97,98)(H,99,100)(H,114,115)(H,116,117)(H3,68,73,82,83,113)/t30-,31-,32-,33+,34+,35+,36-,37-,38-,39+,40+,41+,49+,50+,51+,52+,53+,54+,55-/m0/s1. The number of aromatic nitrogens is 4. The molecule has 0 bridgehead atoms. The van der Waals surface area contributed by atoms with Crippen molar-refractivity contribution in [1.82, 2.24) is 73.1 Å². The first kappa shape index (κ1) is 102. The van der Waals surface area contributed by atoms with Crippen molar-refractivity contribution in [3.63, 3.8) is 0 Å². The highest BCUT2D eigenvalue weighted by molar-refractivity contribution is 7.81. The Balaban J connectivity index is 2.08. The van der Waals surface area contributed by atoms with Gasteiger partial charge in [0.2, 0.25) is 59.1 Å². The lowest BCUT2D eigenvalue weighted by molar-refractivity contribution is -0.143. The minimum atomic E-state index is -2.25. The van der Waals surface area contributed by atoms with E-state index in [4.69, 9.17) is 10.8 Å². The molecule has 51 heteroatoms. The smallest absolute Gasteiger partial charge is 0.327 e. The van der Waals surface area contributed by atoms with Gasteiger partial charge in [0.25, 0.3) is 11.5 Å². The number of hydrogen-bond donors (Lipinski definition) is 33. The third-order valence-electron chi connectivity index (χ3n) is 17.6. The maximum Gasteiger partial charge on any atom is 0.327 e.